The highest BCUT2D eigenvalue weighted by molar-refractivity contribution is 7.98. The molecule has 0 saturated heterocycles. The Balaban J connectivity index is 0.00000320. The molecule has 0 spiro atoms. The number of benzene rings is 2. The summed E-state index contributed by atoms with van der Waals surface area (Å²) in [7, 11) is 0. The van der Waals surface area contributed by atoms with E-state index in [1.807, 2.05) is 35.4 Å². The van der Waals surface area contributed by atoms with Crippen LogP contribution in [0.1, 0.15) is 36.7 Å². The molecule has 0 aliphatic rings. The number of nitrogens with zero attached hydrogens (tertiary/aromatic N) is 3. The molecule has 7 heteroatoms. The van der Waals surface area contributed by atoms with Gasteiger partial charge < -0.3 is 4.90 Å². The molecule has 0 unspecified atom stereocenters. The fourth-order valence-corrected chi connectivity index (χ4v) is 4.97. The number of likely N-dealkylation sites (N-methyl/N-ethyl adjacent to an activating group) is 1. The Morgan fingerprint density at radius 1 is 1.07 bits per heavy atom. The topological polar surface area (TPSA) is 36.4 Å². The lowest BCUT2D eigenvalue weighted by Gasteiger charge is -2.25. The molecule has 1 heterocycles. The number of carbonyl (C=O) groups is 1. The van der Waals surface area contributed by atoms with E-state index in [-0.39, 0.29) is 18.3 Å². The zero-order valence-corrected chi connectivity index (χ0v) is 20.5. The quantitative estimate of drug-likeness (QED) is 0.365. The molecule has 2 aromatic carbocycles. The van der Waals surface area contributed by atoms with Gasteiger partial charge in [0.2, 0.25) is 0 Å². The molecule has 1 amide bonds. The summed E-state index contributed by atoms with van der Waals surface area (Å²) in [5.74, 6) is 0.0249. The Morgan fingerprint density at radius 2 is 1.80 bits per heavy atom. The molecule has 0 atom stereocenters. The minimum absolute atomic E-state index is 0. The Morgan fingerprint density at radius 3 is 2.47 bits per heavy atom. The van der Waals surface area contributed by atoms with Crippen LogP contribution in [0, 0.1) is 0 Å². The largest absolute Gasteiger partial charge is 0.302 e. The molecule has 162 valence electrons. The normalized spacial score (nSPS) is 11.0. The number of fused-ring (bicyclic) bond motifs is 1. The second-order valence-corrected chi connectivity index (χ2v) is 8.69. The number of hydrogen-bond donors (Lipinski definition) is 0. The lowest BCUT2D eigenvalue weighted by molar-refractivity contribution is 0.0981. The highest BCUT2D eigenvalue weighted by atomic mass is 35.5. The Bertz CT molecular complexity index is 972. The fraction of sp³-hybridized carbons (Fsp3) is 0.391. The number of carbonyl (C=O) groups excluding carboxylic acids is 1. The Kier molecular flexibility index (Phi) is 9.62. The molecule has 0 saturated carbocycles. The molecular weight excluding hydrogens is 434 g/mol. The van der Waals surface area contributed by atoms with Gasteiger partial charge in [0.15, 0.2) is 5.13 Å². The van der Waals surface area contributed by atoms with Crippen molar-refractivity contribution >= 4 is 56.8 Å². The van der Waals surface area contributed by atoms with Gasteiger partial charge in [-0.25, -0.2) is 4.98 Å². The number of rotatable bonds is 9. The number of thiazole rings is 1. The highest BCUT2D eigenvalue weighted by Crippen LogP contribution is 2.32. The highest BCUT2D eigenvalue weighted by Gasteiger charge is 2.23. The van der Waals surface area contributed by atoms with Gasteiger partial charge in [-0.15, -0.1) is 24.2 Å². The van der Waals surface area contributed by atoms with Gasteiger partial charge in [0, 0.05) is 18.0 Å². The lowest BCUT2D eigenvalue weighted by atomic mass is 10.2. The number of anilines is 1. The number of halogens is 1. The maximum Gasteiger partial charge on any atom is 0.261 e. The zero-order valence-electron chi connectivity index (χ0n) is 18.1. The van der Waals surface area contributed by atoms with E-state index in [9.17, 15) is 4.79 Å². The Labute approximate surface area is 194 Å². The van der Waals surface area contributed by atoms with E-state index >= 15 is 0 Å². The number of hydrogen-bond acceptors (Lipinski definition) is 5. The van der Waals surface area contributed by atoms with E-state index in [4.69, 9.17) is 4.98 Å². The summed E-state index contributed by atoms with van der Waals surface area (Å²) in [4.78, 5) is 23.6. The first-order chi connectivity index (χ1) is 14.1. The van der Waals surface area contributed by atoms with Gasteiger partial charge in [0.25, 0.3) is 5.91 Å². The molecule has 0 aliphatic carbocycles. The first kappa shape index (κ1) is 24.7. The van der Waals surface area contributed by atoms with Crippen molar-refractivity contribution in [2.75, 3.05) is 37.3 Å². The van der Waals surface area contributed by atoms with Crippen molar-refractivity contribution in [1.82, 2.24) is 9.88 Å². The maximum absolute atomic E-state index is 13.6. The average Bonchev–Trinajstić information content (AvgIpc) is 3.19. The second kappa shape index (κ2) is 11.7. The number of thioether (sulfide) groups is 1. The van der Waals surface area contributed by atoms with Crippen LogP contribution in [0.3, 0.4) is 0 Å². The summed E-state index contributed by atoms with van der Waals surface area (Å²) in [6.45, 7) is 9.87. The van der Waals surface area contributed by atoms with Gasteiger partial charge in [0.1, 0.15) is 0 Å². The van der Waals surface area contributed by atoms with Crippen molar-refractivity contribution in [2.24, 2.45) is 0 Å². The number of aromatic nitrogens is 1. The van der Waals surface area contributed by atoms with Gasteiger partial charge in [0.05, 0.1) is 15.8 Å². The summed E-state index contributed by atoms with van der Waals surface area (Å²) in [5.41, 5.74) is 3.00. The van der Waals surface area contributed by atoms with Crippen LogP contribution in [0.5, 0.6) is 0 Å². The molecule has 4 nitrogen and oxygen atoms in total. The van der Waals surface area contributed by atoms with Crippen LogP contribution in [0.15, 0.2) is 47.4 Å². The smallest absolute Gasteiger partial charge is 0.261 e. The zero-order chi connectivity index (χ0) is 20.8. The molecule has 30 heavy (non-hydrogen) atoms. The van der Waals surface area contributed by atoms with Crippen LogP contribution >= 0.6 is 35.5 Å². The third-order valence-electron chi connectivity index (χ3n) is 5.20. The van der Waals surface area contributed by atoms with Gasteiger partial charge in [-0.2, -0.15) is 0 Å². The van der Waals surface area contributed by atoms with Crippen molar-refractivity contribution in [2.45, 2.75) is 32.1 Å². The Hall–Kier alpha value is -1.60. The van der Waals surface area contributed by atoms with Crippen LogP contribution in [-0.2, 0) is 6.42 Å². The van der Waals surface area contributed by atoms with Crippen molar-refractivity contribution in [3.05, 3.63) is 53.6 Å². The summed E-state index contributed by atoms with van der Waals surface area (Å²) in [6, 6.07) is 14.2. The first-order valence-corrected chi connectivity index (χ1v) is 12.2. The number of aryl methyl sites for hydroxylation is 1. The molecule has 0 radical (unpaired) electrons. The van der Waals surface area contributed by atoms with E-state index in [0.29, 0.717) is 6.54 Å². The molecule has 0 aliphatic heterocycles. The third-order valence-corrected chi connectivity index (χ3v) is 7.03. The summed E-state index contributed by atoms with van der Waals surface area (Å²) in [5, 5.41) is 0.779. The molecule has 0 bridgehead atoms. The molecule has 0 N–H and O–H groups in total. The predicted molar refractivity (Wildman–Crippen MR) is 134 cm³/mol. The molecule has 1 aromatic heterocycles. The van der Waals surface area contributed by atoms with Crippen LogP contribution in [0.25, 0.3) is 10.2 Å². The van der Waals surface area contributed by atoms with Gasteiger partial charge >= 0.3 is 0 Å². The van der Waals surface area contributed by atoms with Crippen LogP contribution in [-0.4, -0.2) is 48.2 Å². The second-order valence-electron chi connectivity index (χ2n) is 6.84. The van der Waals surface area contributed by atoms with Crippen LogP contribution in [0.4, 0.5) is 5.13 Å². The molecular formula is C23H30ClN3OS2. The fourth-order valence-electron chi connectivity index (χ4n) is 3.32. The van der Waals surface area contributed by atoms with E-state index in [1.54, 1.807) is 23.1 Å². The van der Waals surface area contributed by atoms with Crippen molar-refractivity contribution in [1.29, 1.82) is 0 Å². The summed E-state index contributed by atoms with van der Waals surface area (Å²) in [6.07, 6.45) is 3.01. The van der Waals surface area contributed by atoms with E-state index in [1.165, 1.54) is 5.56 Å². The first-order valence-electron chi connectivity index (χ1n) is 10.2. The minimum Gasteiger partial charge on any atom is -0.302 e. The monoisotopic (exact) mass is 463 g/mol. The van der Waals surface area contributed by atoms with E-state index in [0.717, 1.165) is 51.9 Å². The maximum atomic E-state index is 13.6. The summed E-state index contributed by atoms with van der Waals surface area (Å²) < 4.78 is 1.14. The third kappa shape index (κ3) is 5.55. The van der Waals surface area contributed by atoms with Crippen LogP contribution in [0.2, 0.25) is 0 Å². The van der Waals surface area contributed by atoms with Crippen molar-refractivity contribution < 1.29 is 4.79 Å². The van der Waals surface area contributed by atoms with E-state index in [2.05, 4.69) is 43.9 Å². The van der Waals surface area contributed by atoms with Gasteiger partial charge in [-0.05, 0) is 55.6 Å². The van der Waals surface area contributed by atoms with Gasteiger partial charge in [-0.1, -0.05) is 50.3 Å². The summed E-state index contributed by atoms with van der Waals surface area (Å²) >= 11 is 3.21. The lowest BCUT2D eigenvalue weighted by Crippen LogP contribution is -2.39. The number of amides is 1. The predicted octanol–water partition coefficient (Wildman–Crippen LogP) is 5.99. The van der Waals surface area contributed by atoms with Gasteiger partial charge in [-0.3, -0.25) is 9.69 Å². The molecule has 3 rings (SSSR count). The van der Waals surface area contributed by atoms with Crippen molar-refractivity contribution in [3.63, 3.8) is 0 Å². The minimum atomic E-state index is 0. The molecule has 0 fully saturated rings. The van der Waals surface area contributed by atoms with Crippen molar-refractivity contribution in [3.8, 4) is 0 Å². The standard InChI is InChI=1S/C23H29N3OS2.ClH/c1-5-17-12-13-19-21(16-17)29-23(24-19)26(15-14-25(6-2)7-3)22(27)18-10-8-9-11-20(18)28-4;/h8-13,16H,5-7,14-15H2,1-4H3;1H. The van der Waals surface area contributed by atoms with Crippen LogP contribution < -0.4 is 4.90 Å². The van der Waals surface area contributed by atoms with E-state index < -0.39 is 0 Å². The average molecular weight is 464 g/mol. The SMILES string of the molecule is CCc1ccc2nc(N(CCN(CC)CC)C(=O)c3ccccc3SC)sc2c1.Cl. The molecule has 3 aromatic rings.